The molecule has 3 aromatic heterocycles. The van der Waals surface area contributed by atoms with Crippen molar-refractivity contribution in [3.05, 3.63) is 90.5 Å². The first-order chi connectivity index (χ1) is 14.7. The van der Waals surface area contributed by atoms with Gasteiger partial charge in [-0.05, 0) is 48.5 Å². The number of imidazole rings is 1. The van der Waals surface area contributed by atoms with E-state index in [1.165, 1.54) is 0 Å². The van der Waals surface area contributed by atoms with Crippen LogP contribution in [0.5, 0.6) is 0 Å². The van der Waals surface area contributed by atoms with E-state index in [2.05, 4.69) is 30.6 Å². The second-order valence-corrected chi connectivity index (χ2v) is 6.83. The topological polar surface area (TPSA) is 95.6 Å². The summed E-state index contributed by atoms with van der Waals surface area (Å²) >= 11 is 0. The highest BCUT2D eigenvalue weighted by Gasteiger charge is 2.10. The van der Waals surface area contributed by atoms with Crippen LogP contribution in [0.4, 0.5) is 11.5 Å². The number of para-hydroxylation sites is 2. The number of nitrogens with zero attached hydrogens (tertiary/aromatic N) is 3. The van der Waals surface area contributed by atoms with Crippen LogP contribution >= 0.6 is 0 Å². The van der Waals surface area contributed by atoms with Gasteiger partial charge in [0.1, 0.15) is 17.3 Å². The maximum Gasteiger partial charge on any atom is 0.270 e. The molecule has 0 fully saturated rings. The van der Waals surface area contributed by atoms with Gasteiger partial charge in [0.2, 0.25) is 0 Å². The fraction of sp³-hybridized carbons (Fsp3) is 0.0435. The predicted octanol–water partition coefficient (Wildman–Crippen LogP) is 4.18. The highest BCUT2D eigenvalue weighted by atomic mass is 16.1. The number of carbonyl (C=O) groups excluding carboxylic acids is 1. The van der Waals surface area contributed by atoms with Crippen molar-refractivity contribution in [1.82, 2.24) is 25.3 Å². The van der Waals surface area contributed by atoms with E-state index in [0.29, 0.717) is 23.9 Å². The Bertz CT molecular complexity index is 1330. The molecule has 5 rings (SSSR count). The van der Waals surface area contributed by atoms with E-state index in [1.807, 2.05) is 60.7 Å². The lowest BCUT2D eigenvalue weighted by Crippen LogP contribution is -2.24. The van der Waals surface area contributed by atoms with Crippen molar-refractivity contribution in [2.24, 2.45) is 0 Å². The first-order valence-corrected chi connectivity index (χ1v) is 9.55. The third-order valence-electron chi connectivity index (χ3n) is 4.71. The summed E-state index contributed by atoms with van der Waals surface area (Å²) in [6.07, 6.45) is 1.77. The summed E-state index contributed by atoms with van der Waals surface area (Å²) in [5, 5.41) is 7.14. The summed E-state index contributed by atoms with van der Waals surface area (Å²) in [5.74, 6) is 1.03. The quantitative estimate of drug-likeness (QED) is 0.416. The summed E-state index contributed by atoms with van der Waals surface area (Å²) in [6, 6.07) is 22.8. The molecule has 0 saturated heterocycles. The van der Waals surface area contributed by atoms with Crippen LogP contribution in [0.3, 0.4) is 0 Å². The summed E-state index contributed by atoms with van der Waals surface area (Å²) in [6.45, 7) is 0.296. The predicted molar refractivity (Wildman–Crippen MR) is 117 cm³/mol. The standard InChI is InChI=1S/C23H18N6O/c30-23(25-14-22-27-18-6-1-2-7-19(18)28-22)20-8-3-9-21(29-20)26-16-10-11-17-15(13-16)5-4-12-24-17/h1-13H,14H2,(H,25,30)(H,26,29)(H,27,28). The lowest BCUT2D eigenvalue weighted by molar-refractivity contribution is 0.0945. The molecule has 0 saturated carbocycles. The maximum atomic E-state index is 12.6. The van der Waals surface area contributed by atoms with Crippen LogP contribution in [0, 0.1) is 0 Å². The Morgan fingerprint density at radius 1 is 0.900 bits per heavy atom. The molecule has 146 valence electrons. The highest BCUT2D eigenvalue weighted by molar-refractivity contribution is 5.92. The van der Waals surface area contributed by atoms with E-state index in [0.717, 1.165) is 27.6 Å². The second kappa shape index (κ2) is 7.63. The summed E-state index contributed by atoms with van der Waals surface area (Å²) < 4.78 is 0. The molecule has 0 aliphatic carbocycles. The fourth-order valence-electron chi connectivity index (χ4n) is 3.28. The Hall–Kier alpha value is -4.26. The van der Waals surface area contributed by atoms with E-state index >= 15 is 0 Å². The Balaban J connectivity index is 1.29. The van der Waals surface area contributed by atoms with Gasteiger partial charge in [-0.25, -0.2) is 9.97 Å². The van der Waals surface area contributed by atoms with E-state index in [9.17, 15) is 4.79 Å². The largest absolute Gasteiger partial charge is 0.343 e. The molecule has 0 aliphatic heterocycles. The number of aromatic nitrogens is 4. The average Bonchev–Trinajstić information content (AvgIpc) is 3.21. The van der Waals surface area contributed by atoms with Crippen LogP contribution in [0.2, 0.25) is 0 Å². The molecular weight excluding hydrogens is 376 g/mol. The van der Waals surface area contributed by atoms with Gasteiger partial charge in [-0.1, -0.05) is 24.3 Å². The molecule has 3 N–H and O–H groups in total. The molecule has 0 spiro atoms. The molecule has 0 atom stereocenters. The van der Waals surface area contributed by atoms with Gasteiger partial charge in [0.05, 0.1) is 23.1 Å². The first-order valence-electron chi connectivity index (χ1n) is 9.55. The van der Waals surface area contributed by atoms with Crippen molar-refractivity contribution in [2.45, 2.75) is 6.54 Å². The van der Waals surface area contributed by atoms with Gasteiger partial charge in [-0.15, -0.1) is 0 Å². The van der Waals surface area contributed by atoms with E-state index in [-0.39, 0.29) is 5.91 Å². The maximum absolute atomic E-state index is 12.6. The number of benzene rings is 2. The minimum Gasteiger partial charge on any atom is -0.343 e. The molecule has 30 heavy (non-hydrogen) atoms. The molecule has 0 aliphatic rings. The van der Waals surface area contributed by atoms with Gasteiger partial charge in [0.15, 0.2) is 0 Å². The van der Waals surface area contributed by atoms with E-state index in [1.54, 1.807) is 18.3 Å². The van der Waals surface area contributed by atoms with Crippen LogP contribution < -0.4 is 10.6 Å². The van der Waals surface area contributed by atoms with Gasteiger partial charge < -0.3 is 15.6 Å². The van der Waals surface area contributed by atoms with Crippen molar-refractivity contribution in [3.8, 4) is 0 Å². The van der Waals surface area contributed by atoms with Crippen molar-refractivity contribution < 1.29 is 4.79 Å². The summed E-state index contributed by atoms with van der Waals surface area (Å²) in [7, 11) is 0. The van der Waals surface area contributed by atoms with Gasteiger partial charge in [0, 0.05) is 17.3 Å². The number of amides is 1. The molecular formula is C23H18N6O. The van der Waals surface area contributed by atoms with Gasteiger partial charge in [0.25, 0.3) is 5.91 Å². The first kappa shape index (κ1) is 17.8. The Morgan fingerprint density at radius 3 is 2.77 bits per heavy atom. The third-order valence-corrected chi connectivity index (χ3v) is 4.71. The lowest BCUT2D eigenvalue weighted by Gasteiger charge is -2.08. The Morgan fingerprint density at radius 2 is 1.83 bits per heavy atom. The van der Waals surface area contributed by atoms with Crippen molar-refractivity contribution in [3.63, 3.8) is 0 Å². The minimum absolute atomic E-state index is 0.262. The fourth-order valence-corrected chi connectivity index (χ4v) is 3.28. The second-order valence-electron chi connectivity index (χ2n) is 6.83. The zero-order valence-corrected chi connectivity index (χ0v) is 16.0. The normalized spacial score (nSPS) is 10.9. The van der Waals surface area contributed by atoms with Gasteiger partial charge in [-0.3, -0.25) is 9.78 Å². The molecule has 2 aromatic carbocycles. The number of H-pyrrole nitrogens is 1. The van der Waals surface area contributed by atoms with Crippen LogP contribution in [-0.4, -0.2) is 25.8 Å². The Labute approximate surface area is 172 Å². The molecule has 0 bridgehead atoms. The summed E-state index contributed by atoms with van der Waals surface area (Å²) in [5.41, 5.74) is 3.95. The molecule has 0 radical (unpaired) electrons. The smallest absolute Gasteiger partial charge is 0.270 e. The third kappa shape index (κ3) is 3.68. The minimum atomic E-state index is -0.262. The highest BCUT2D eigenvalue weighted by Crippen LogP contribution is 2.20. The van der Waals surface area contributed by atoms with Crippen LogP contribution in [0.15, 0.2) is 79.0 Å². The molecule has 5 aromatic rings. The molecule has 3 heterocycles. The number of pyridine rings is 2. The SMILES string of the molecule is O=C(NCc1nc2ccccc2[nH]1)c1cccc(Nc2ccc3ncccc3c2)n1. The Kier molecular flexibility index (Phi) is 4.53. The number of fused-ring (bicyclic) bond motifs is 2. The molecule has 7 nitrogen and oxygen atoms in total. The van der Waals surface area contributed by atoms with Gasteiger partial charge >= 0.3 is 0 Å². The van der Waals surface area contributed by atoms with E-state index in [4.69, 9.17) is 0 Å². The van der Waals surface area contributed by atoms with Crippen molar-refractivity contribution >= 4 is 39.3 Å². The number of aromatic amines is 1. The molecule has 0 unspecified atom stereocenters. The van der Waals surface area contributed by atoms with Crippen LogP contribution in [0.1, 0.15) is 16.3 Å². The van der Waals surface area contributed by atoms with Crippen molar-refractivity contribution in [1.29, 1.82) is 0 Å². The lowest BCUT2D eigenvalue weighted by atomic mass is 10.2. The summed E-state index contributed by atoms with van der Waals surface area (Å²) in [4.78, 5) is 29.0. The van der Waals surface area contributed by atoms with Gasteiger partial charge in [-0.2, -0.15) is 0 Å². The molecule has 1 amide bonds. The zero-order chi connectivity index (χ0) is 20.3. The zero-order valence-electron chi connectivity index (χ0n) is 16.0. The van der Waals surface area contributed by atoms with Crippen molar-refractivity contribution in [2.75, 3.05) is 5.32 Å². The monoisotopic (exact) mass is 394 g/mol. The average molecular weight is 394 g/mol. The number of hydrogen-bond donors (Lipinski definition) is 3. The van der Waals surface area contributed by atoms with Crippen LogP contribution in [-0.2, 0) is 6.54 Å². The number of rotatable bonds is 5. The number of nitrogens with one attached hydrogen (secondary N) is 3. The molecule has 7 heteroatoms. The number of anilines is 2. The number of carbonyl (C=O) groups is 1. The van der Waals surface area contributed by atoms with E-state index < -0.39 is 0 Å². The van der Waals surface area contributed by atoms with Crippen LogP contribution in [0.25, 0.3) is 21.9 Å². The number of hydrogen-bond acceptors (Lipinski definition) is 5.